The molecular weight excluding hydrogens is 214 g/mol. The van der Waals surface area contributed by atoms with Crippen molar-refractivity contribution in [1.82, 2.24) is 15.1 Å². The Balaban J connectivity index is 2.34. The molecule has 1 aromatic rings. The zero-order valence-electron chi connectivity index (χ0n) is 11.2. The normalized spacial score (nSPS) is 17.5. The van der Waals surface area contributed by atoms with Crippen molar-refractivity contribution >= 4 is 0 Å². The Labute approximate surface area is 103 Å². The molecule has 0 aliphatic heterocycles. The van der Waals surface area contributed by atoms with Gasteiger partial charge in [0.1, 0.15) is 0 Å². The highest BCUT2D eigenvalue weighted by atomic mass is 16.5. The van der Waals surface area contributed by atoms with E-state index < -0.39 is 0 Å². The summed E-state index contributed by atoms with van der Waals surface area (Å²) in [6, 6.07) is 0.758. The smallest absolute Gasteiger partial charge is 0.161 e. The van der Waals surface area contributed by atoms with Crippen LogP contribution in [-0.4, -0.2) is 23.4 Å². The van der Waals surface area contributed by atoms with Crippen molar-refractivity contribution < 1.29 is 4.74 Å². The number of hydrogen-bond donors (Lipinski definition) is 1. The van der Waals surface area contributed by atoms with Crippen LogP contribution >= 0.6 is 0 Å². The van der Waals surface area contributed by atoms with E-state index in [-0.39, 0.29) is 0 Å². The number of aromatic nitrogens is 2. The van der Waals surface area contributed by atoms with E-state index in [9.17, 15) is 0 Å². The molecule has 1 aliphatic rings. The van der Waals surface area contributed by atoms with Crippen molar-refractivity contribution in [2.75, 3.05) is 13.7 Å². The molecule has 0 radical (unpaired) electrons. The highest BCUT2D eigenvalue weighted by Gasteiger charge is 2.36. The second kappa shape index (κ2) is 5.08. The SMILES string of the molecule is CCNC(c1c(OC)cnn1C(C)C)C1CC1. The molecule has 4 heteroatoms. The van der Waals surface area contributed by atoms with Gasteiger partial charge in [-0.1, -0.05) is 6.92 Å². The number of rotatable bonds is 6. The highest BCUT2D eigenvalue weighted by Crippen LogP contribution is 2.44. The van der Waals surface area contributed by atoms with Crippen LogP contribution in [0.25, 0.3) is 0 Å². The van der Waals surface area contributed by atoms with Gasteiger partial charge in [0.15, 0.2) is 5.75 Å². The summed E-state index contributed by atoms with van der Waals surface area (Å²) in [5, 5.41) is 8.03. The van der Waals surface area contributed by atoms with Crippen LogP contribution in [0.3, 0.4) is 0 Å². The van der Waals surface area contributed by atoms with E-state index >= 15 is 0 Å². The number of hydrogen-bond acceptors (Lipinski definition) is 3. The maximum absolute atomic E-state index is 5.46. The summed E-state index contributed by atoms with van der Waals surface area (Å²) < 4.78 is 7.55. The Morgan fingerprint density at radius 1 is 1.53 bits per heavy atom. The fourth-order valence-electron chi connectivity index (χ4n) is 2.36. The molecule has 1 aromatic heterocycles. The van der Waals surface area contributed by atoms with Crippen LogP contribution in [0.2, 0.25) is 0 Å². The van der Waals surface area contributed by atoms with Gasteiger partial charge in [0, 0.05) is 6.04 Å². The molecule has 0 saturated heterocycles. The van der Waals surface area contributed by atoms with E-state index in [1.165, 1.54) is 18.5 Å². The van der Waals surface area contributed by atoms with Gasteiger partial charge in [-0.15, -0.1) is 0 Å². The third kappa shape index (κ3) is 2.46. The number of nitrogens with one attached hydrogen (secondary N) is 1. The van der Waals surface area contributed by atoms with Gasteiger partial charge in [-0.3, -0.25) is 4.68 Å². The minimum atomic E-state index is 0.369. The van der Waals surface area contributed by atoms with Gasteiger partial charge in [0.25, 0.3) is 0 Å². The molecule has 1 heterocycles. The first-order valence-electron chi connectivity index (χ1n) is 6.53. The van der Waals surface area contributed by atoms with Crippen molar-refractivity contribution in [3.8, 4) is 5.75 Å². The fraction of sp³-hybridized carbons (Fsp3) is 0.769. The van der Waals surface area contributed by atoms with Gasteiger partial charge in [0.05, 0.1) is 25.0 Å². The number of ether oxygens (including phenoxy) is 1. The van der Waals surface area contributed by atoms with Gasteiger partial charge >= 0.3 is 0 Å². The lowest BCUT2D eigenvalue weighted by Crippen LogP contribution is -2.26. The molecule has 17 heavy (non-hydrogen) atoms. The van der Waals surface area contributed by atoms with Crippen LogP contribution in [0.4, 0.5) is 0 Å². The first-order valence-corrected chi connectivity index (χ1v) is 6.53. The largest absolute Gasteiger partial charge is 0.493 e. The van der Waals surface area contributed by atoms with Gasteiger partial charge in [-0.25, -0.2) is 0 Å². The summed E-state index contributed by atoms with van der Waals surface area (Å²) in [7, 11) is 1.72. The molecule has 1 saturated carbocycles. The highest BCUT2D eigenvalue weighted by molar-refractivity contribution is 5.30. The van der Waals surface area contributed by atoms with Crippen molar-refractivity contribution in [1.29, 1.82) is 0 Å². The van der Waals surface area contributed by atoms with E-state index in [2.05, 4.69) is 35.9 Å². The molecule has 4 nitrogen and oxygen atoms in total. The Hall–Kier alpha value is -1.03. The van der Waals surface area contributed by atoms with E-state index in [4.69, 9.17) is 4.74 Å². The molecule has 1 N–H and O–H groups in total. The molecule has 0 spiro atoms. The van der Waals surface area contributed by atoms with Crippen LogP contribution in [0.15, 0.2) is 6.20 Å². The van der Waals surface area contributed by atoms with Crippen molar-refractivity contribution in [2.24, 2.45) is 5.92 Å². The molecule has 1 unspecified atom stereocenters. The van der Waals surface area contributed by atoms with E-state index in [0.29, 0.717) is 12.1 Å². The van der Waals surface area contributed by atoms with Crippen molar-refractivity contribution in [3.05, 3.63) is 11.9 Å². The van der Waals surface area contributed by atoms with Crippen LogP contribution in [-0.2, 0) is 0 Å². The minimum absolute atomic E-state index is 0.369. The molecule has 0 amide bonds. The summed E-state index contributed by atoms with van der Waals surface area (Å²) in [5.41, 5.74) is 1.21. The van der Waals surface area contributed by atoms with Crippen LogP contribution < -0.4 is 10.1 Å². The standard InChI is InChI=1S/C13H23N3O/c1-5-14-12(10-6-7-10)13-11(17-4)8-15-16(13)9(2)3/h8-10,12,14H,5-7H2,1-4H3. The fourth-order valence-corrected chi connectivity index (χ4v) is 2.36. The molecule has 2 rings (SSSR count). The Kier molecular flexibility index (Phi) is 3.72. The van der Waals surface area contributed by atoms with E-state index in [0.717, 1.165) is 18.2 Å². The Bertz CT molecular complexity index is 369. The van der Waals surface area contributed by atoms with Crippen LogP contribution in [0.1, 0.15) is 51.4 Å². The topological polar surface area (TPSA) is 39.1 Å². The van der Waals surface area contributed by atoms with Gasteiger partial charge in [0.2, 0.25) is 0 Å². The minimum Gasteiger partial charge on any atom is -0.493 e. The van der Waals surface area contributed by atoms with Gasteiger partial charge in [-0.2, -0.15) is 5.10 Å². The van der Waals surface area contributed by atoms with Gasteiger partial charge < -0.3 is 10.1 Å². The molecule has 0 bridgehead atoms. The van der Waals surface area contributed by atoms with Crippen molar-refractivity contribution in [2.45, 2.75) is 45.7 Å². The lowest BCUT2D eigenvalue weighted by molar-refractivity contribution is 0.373. The van der Waals surface area contributed by atoms with Crippen LogP contribution in [0.5, 0.6) is 5.75 Å². The summed E-state index contributed by atoms with van der Waals surface area (Å²) in [5.74, 6) is 1.66. The lowest BCUT2D eigenvalue weighted by atomic mass is 10.1. The van der Waals surface area contributed by atoms with Crippen LogP contribution in [0, 0.1) is 5.92 Å². The summed E-state index contributed by atoms with van der Waals surface area (Å²) in [4.78, 5) is 0. The number of methoxy groups -OCH3 is 1. The summed E-state index contributed by atoms with van der Waals surface area (Å²) >= 11 is 0. The predicted octanol–water partition coefficient (Wildman–Crippen LogP) is 2.53. The second-order valence-corrected chi connectivity index (χ2v) is 5.01. The van der Waals surface area contributed by atoms with E-state index in [1.807, 2.05) is 6.20 Å². The molecule has 96 valence electrons. The lowest BCUT2D eigenvalue weighted by Gasteiger charge is -2.21. The maximum Gasteiger partial charge on any atom is 0.161 e. The zero-order chi connectivity index (χ0) is 12.4. The zero-order valence-corrected chi connectivity index (χ0v) is 11.2. The third-order valence-electron chi connectivity index (χ3n) is 3.32. The maximum atomic E-state index is 5.46. The molecule has 0 aromatic carbocycles. The Morgan fingerprint density at radius 2 is 2.24 bits per heavy atom. The number of nitrogens with zero attached hydrogens (tertiary/aromatic N) is 2. The Morgan fingerprint density at radius 3 is 2.71 bits per heavy atom. The van der Waals surface area contributed by atoms with Crippen molar-refractivity contribution in [3.63, 3.8) is 0 Å². The van der Waals surface area contributed by atoms with E-state index in [1.54, 1.807) is 7.11 Å². The molecular formula is C13H23N3O. The monoisotopic (exact) mass is 237 g/mol. The molecule has 1 atom stereocenters. The summed E-state index contributed by atoms with van der Waals surface area (Å²) in [6.45, 7) is 7.45. The molecule has 1 aliphatic carbocycles. The summed E-state index contributed by atoms with van der Waals surface area (Å²) in [6.07, 6.45) is 4.45. The average molecular weight is 237 g/mol. The van der Waals surface area contributed by atoms with Gasteiger partial charge in [-0.05, 0) is 39.2 Å². The quantitative estimate of drug-likeness (QED) is 0.826. The average Bonchev–Trinajstić information content (AvgIpc) is 3.04. The second-order valence-electron chi connectivity index (χ2n) is 5.01. The predicted molar refractivity (Wildman–Crippen MR) is 68.3 cm³/mol. The third-order valence-corrected chi connectivity index (χ3v) is 3.32. The molecule has 1 fully saturated rings. The first-order chi connectivity index (χ1) is 8.19. The first kappa shape index (κ1) is 12.4.